The van der Waals surface area contributed by atoms with Gasteiger partial charge in [0.2, 0.25) is 21.7 Å². The van der Waals surface area contributed by atoms with Gasteiger partial charge in [-0.15, -0.1) is 0 Å². The Labute approximate surface area is 179 Å². The highest BCUT2D eigenvalue weighted by Crippen LogP contribution is 2.26. The van der Waals surface area contributed by atoms with Crippen molar-refractivity contribution in [3.8, 4) is 11.4 Å². The van der Waals surface area contributed by atoms with Crippen LogP contribution in [-0.2, 0) is 16.6 Å². The standard InChI is InChI=1S/C19H22ClN5O4S/c1-13-18(14(2)28-22-13)30(26,27)25-9-5-8-24(10-11-25)12-17-21-19(23-29-17)15-6-3-4-7-16(15)20/h3-4,6-7H,5,8-12H2,1-2H3. The topological polar surface area (TPSA) is 106 Å². The van der Waals surface area contributed by atoms with Crippen LogP contribution in [0.1, 0.15) is 23.8 Å². The Morgan fingerprint density at radius 3 is 2.60 bits per heavy atom. The Morgan fingerprint density at radius 1 is 1.07 bits per heavy atom. The van der Waals surface area contributed by atoms with Gasteiger partial charge < -0.3 is 9.05 Å². The molecule has 0 saturated carbocycles. The summed E-state index contributed by atoms with van der Waals surface area (Å²) in [6.45, 7) is 5.75. The summed E-state index contributed by atoms with van der Waals surface area (Å²) in [7, 11) is -3.65. The first-order valence-corrected chi connectivity index (χ1v) is 11.4. The molecule has 4 rings (SSSR count). The Hall–Kier alpha value is -2.27. The van der Waals surface area contributed by atoms with Crippen molar-refractivity contribution < 1.29 is 17.5 Å². The van der Waals surface area contributed by atoms with E-state index in [0.717, 1.165) is 6.54 Å². The van der Waals surface area contributed by atoms with Crippen molar-refractivity contribution in [3.05, 3.63) is 46.6 Å². The van der Waals surface area contributed by atoms with Crippen LogP contribution in [-0.4, -0.2) is 59.1 Å². The maximum atomic E-state index is 13.1. The van der Waals surface area contributed by atoms with E-state index in [1.54, 1.807) is 19.9 Å². The number of hydrogen-bond donors (Lipinski definition) is 0. The third kappa shape index (κ3) is 4.13. The fourth-order valence-electron chi connectivity index (χ4n) is 3.58. The monoisotopic (exact) mass is 451 g/mol. The van der Waals surface area contributed by atoms with Crippen LogP contribution in [0.2, 0.25) is 5.02 Å². The molecule has 0 unspecified atom stereocenters. The molecule has 3 aromatic rings. The van der Waals surface area contributed by atoms with Crippen molar-refractivity contribution in [2.75, 3.05) is 26.2 Å². The van der Waals surface area contributed by atoms with E-state index in [-0.39, 0.29) is 4.90 Å². The van der Waals surface area contributed by atoms with Crippen LogP contribution >= 0.6 is 11.6 Å². The van der Waals surface area contributed by atoms with E-state index in [1.807, 2.05) is 18.2 Å². The highest BCUT2D eigenvalue weighted by Gasteiger charge is 2.32. The Kier molecular flexibility index (Phi) is 5.92. The third-order valence-electron chi connectivity index (χ3n) is 5.05. The average Bonchev–Trinajstić information content (AvgIpc) is 3.21. The van der Waals surface area contributed by atoms with Crippen molar-refractivity contribution in [1.82, 2.24) is 24.5 Å². The largest absolute Gasteiger partial charge is 0.360 e. The number of rotatable bonds is 5. The van der Waals surface area contributed by atoms with E-state index in [1.165, 1.54) is 4.31 Å². The minimum atomic E-state index is -3.65. The molecule has 0 bridgehead atoms. The Balaban J connectivity index is 1.44. The van der Waals surface area contributed by atoms with Crippen LogP contribution in [0.5, 0.6) is 0 Å². The molecular weight excluding hydrogens is 430 g/mol. The quantitative estimate of drug-likeness (QED) is 0.583. The SMILES string of the molecule is Cc1noc(C)c1S(=O)(=O)N1CCCN(Cc2nc(-c3ccccc3Cl)no2)CC1. The molecule has 0 atom stereocenters. The van der Waals surface area contributed by atoms with E-state index in [2.05, 4.69) is 20.2 Å². The highest BCUT2D eigenvalue weighted by atomic mass is 35.5. The third-order valence-corrected chi connectivity index (χ3v) is 7.53. The molecule has 9 nitrogen and oxygen atoms in total. The molecule has 160 valence electrons. The number of hydrogen-bond acceptors (Lipinski definition) is 8. The summed E-state index contributed by atoms with van der Waals surface area (Å²) in [6.07, 6.45) is 0.689. The smallest absolute Gasteiger partial charge is 0.248 e. The van der Waals surface area contributed by atoms with Crippen molar-refractivity contribution in [1.29, 1.82) is 0 Å². The normalized spacial score (nSPS) is 16.6. The van der Waals surface area contributed by atoms with Crippen LogP contribution in [0.4, 0.5) is 0 Å². The van der Waals surface area contributed by atoms with Gasteiger partial charge in [-0.2, -0.15) is 9.29 Å². The van der Waals surface area contributed by atoms with Gasteiger partial charge in [0.05, 0.1) is 11.6 Å². The summed E-state index contributed by atoms with van der Waals surface area (Å²) in [5.41, 5.74) is 1.09. The van der Waals surface area contributed by atoms with Crippen molar-refractivity contribution in [2.24, 2.45) is 0 Å². The molecule has 0 radical (unpaired) electrons. The molecule has 0 N–H and O–H groups in total. The molecule has 1 aromatic carbocycles. The number of sulfonamides is 1. The summed E-state index contributed by atoms with van der Waals surface area (Å²) in [6, 6.07) is 7.31. The van der Waals surface area contributed by atoms with Gasteiger partial charge in [0.25, 0.3) is 0 Å². The summed E-state index contributed by atoms with van der Waals surface area (Å²) in [5.74, 6) is 1.21. The van der Waals surface area contributed by atoms with Crippen molar-refractivity contribution in [2.45, 2.75) is 31.7 Å². The number of halogens is 1. The molecule has 2 aromatic heterocycles. The molecule has 0 spiro atoms. The zero-order chi connectivity index (χ0) is 21.3. The fourth-order valence-corrected chi connectivity index (χ4v) is 5.56. The zero-order valence-electron chi connectivity index (χ0n) is 16.7. The summed E-state index contributed by atoms with van der Waals surface area (Å²) < 4.78 is 38.0. The molecule has 1 saturated heterocycles. The molecule has 11 heteroatoms. The van der Waals surface area contributed by atoms with E-state index in [9.17, 15) is 8.42 Å². The molecule has 0 amide bonds. The lowest BCUT2D eigenvalue weighted by Gasteiger charge is -2.20. The average molecular weight is 452 g/mol. The Morgan fingerprint density at radius 2 is 1.87 bits per heavy atom. The van der Waals surface area contributed by atoms with Gasteiger partial charge in [-0.3, -0.25) is 4.90 Å². The second kappa shape index (κ2) is 8.46. The predicted octanol–water partition coefficient (Wildman–Crippen LogP) is 2.89. The van der Waals surface area contributed by atoms with Gasteiger partial charge in [0, 0.05) is 25.2 Å². The van der Waals surface area contributed by atoms with E-state index >= 15 is 0 Å². The van der Waals surface area contributed by atoms with Crippen LogP contribution in [0.3, 0.4) is 0 Å². The van der Waals surface area contributed by atoms with Crippen LogP contribution in [0.25, 0.3) is 11.4 Å². The molecule has 1 aliphatic rings. The minimum Gasteiger partial charge on any atom is -0.360 e. The molecule has 0 aliphatic carbocycles. The van der Waals surface area contributed by atoms with Gasteiger partial charge >= 0.3 is 0 Å². The summed E-state index contributed by atoms with van der Waals surface area (Å²) in [5, 5.41) is 8.35. The van der Waals surface area contributed by atoms with Crippen molar-refractivity contribution >= 4 is 21.6 Å². The van der Waals surface area contributed by atoms with Crippen LogP contribution in [0.15, 0.2) is 38.2 Å². The molecule has 1 fully saturated rings. The van der Waals surface area contributed by atoms with Gasteiger partial charge in [0.1, 0.15) is 10.6 Å². The second-order valence-electron chi connectivity index (χ2n) is 7.18. The second-order valence-corrected chi connectivity index (χ2v) is 9.46. The van der Waals surface area contributed by atoms with Crippen LogP contribution in [0, 0.1) is 13.8 Å². The zero-order valence-corrected chi connectivity index (χ0v) is 18.3. The minimum absolute atomic E-state index is 0.164. The summed E-state index contributed by atoms with van der Waals surface area (Å²) in [4.78, 5) is 6.71. The first kappa shape index (κ1) is 21.0. The van der Waals surface area contributed by atoms with Gasteiger partial charge in [-0.1, -0.05) is 34.0 Å². The number of benzene rings is 1. The van der Waals surface area contributed by atoms with Crippen LogP contribution < -0.4 is 0 Å². The van der Waals surface area contributed by atoms with E-state index in [4.69, 9.17) is 20.6 Å². The number of aromatic nitrogens is 3. The maximum absolute atomic E-state index is 13.1. The van der Waals surface area contributed by atoms with E-state index < -0.39 is 10.0 Å². The lowest BCUT2D eigenvalue weighted by molar-refractivity contribution is 0.236. The number of aryl methyl sites for hydroxylation is 2. The summed E-state index contributed by atoms with van der Waals surface area (Å²) >= 11 is 6.20. The first-order chi connectivity index (χ1) is 14.4. The first-order valence-electron chi connectivity index (χ1n) is 9.59. The lowest BCUT2D eigenvalue weighted by atomic mass is 10.2. The maximum Gasteiger partial charge on any atom is 0.248 e. The molecule has 1 aliphatic heterocycles. The highest BCUT2D eigenvalue weighted by molar-refractivity contribution is 7.89. The van der Waals surface area contributed by atoms with Gasteiger partial charge in [-0.25, -0.2) is 8.42 Å². The molecule has 30 heavy (non-hydrogen) atoms. The predicted molar refractivity (Wildman–Crippen MR) is 109 cm³/mol. The van der Waals surface area contributed by atoms with E-state index in [0.29, 0.717) is 66.4 Å². The fraction of sp³-hybridized carbons (Fsp3) is 0.421. The van der Waals surface area contributed by atoms with Gasteiger partial charge in [-0.05, 0) is 38.9 Å². The molecule has 3 heterocycles. The Bertz CT molecular complexity index is 1120. The lowest BCUT2D eigenvalue weighted by Crippen LogP contribution is -2.35. The van der Waals surface area contributed by atoms with Crippen molar-refractivity contribution in [3.63, 3.8) is 0 Å². The number of nitrogens with zero attached hydrogens (tertiary/aromatic N) is 5. The van der Waals surface area contributed by atoms with Gasteiger partial charge in [0.15, 0.2) is 5.76 Å². The molecular formula is C19H22ClN5O4S.